The van der Waals surface area contributed by atoms with Crippen LogP contribution in [0.15, 0.2) is 30.3 Å². The maximum Gasteiger partial charge on any atom is 0.573 e. The topological polar surface area (TPSA) is 51.6 Å². The Balaban J connectivity index is 1.95. The fourth-order valence-corrected chi connectivity index (χ4v) is 7.17. The van der Waals surface area contributed by atoms with E-state index in [9.17, 15) is 18.3 Å². The molecule has 2 aliphatic carbocycles. The zero-order valence-corrected chi connectivity index (χ0v) is 27.0. The minimum atomic E-state index is -4.78. The van der Waals surface area contributed by atoms with E-state index in [-0.39, 0.29) is 28.2 Å². The van der Waals surface area contributed by atoms with Gasteiger partial charge in [0.15, 0.2) is 8.32 Å². The van der Waals surface area contributed by atoms with Gasteiger partial charge in [-0.3, -0.25) is 4.98 Å². The number of nitrogens with zero attached hydrogens (tertiary/aromatic N) is 1. The Morgan fingerprint density at radius 3 is 2.22 bits per heavy atom. The van der Waals surface area contributed by atoms with Gasteiger partial charge < -0.3 is 14.3 Å². The summed E-state index contributed by atoms with van der Waals surface area (Å²) in [7, 11) is -2.17. The van der Waals surface area contributed by atoms with Crippen LogP contribution >= 0.6 is 0 Å². The molecule has 8 heteroatoms. The van der Waals surface area contributed by atoms with E-state index in [1.54, 1.807) is 0 Å². The summed E-state index contributed by atoms with van der Waals surface area (Å²) in [5.41, 5.74) is 6.47. The molecule has 1 heterocycles. The third-order valence-electron chi connectivity index (χ3n) is 8.94. The Labute approximate surface area is 244 Å². The molecule has 0 fully saturated rings. The molecule has 4 rings (SSSR count). The van der Waals surface area contributed by atoms with Gasteiger partial charge >= 0.3 is 6.36 Å². The van der Waals surface area contributed by atoms with Crippen LogP contribution in [-0.2, 0) is 10.8 Å². The van der Waals surface area contributed by atoms with Gasteiger partial charge in [0.25, 0.3) is 0 Å². The molecule has 0 saturated carbocycles. The first-order valence-electron chi connectivity index (χ1n) is 14.8. The quantitative estimate of drug-likeness (QED) is 0.327. The van der Waals surface area contributed by atoms with Gasteiger partial charge in [-0.2, -0.15) is 0 Å². The van der Waals surface area contributed by atoms with Gasteiger partial charge in [0, 0.05) is 22.5 Å². The van der Waals surface area contributed by atoms with Crippen LogP contribution in [0, 0.1) is 5.41 Å². The lowest BCUT2D eigenvalue weighted by Gasteiger charge is -2.45. The van der Waals surface area contributed by atoms with Crippen LogP contribution in [0.2, 0.25) is 18.1 Å². The lowest BCUT2D eigenvalue weighted by atomic mass is 9.71. The summed E-state index contributed by atoms with van der Waals surface area (Å²) in [6, 6.07) is 5.53. The molecule has 0 aliphatic heterocycles. The average Bonchev–Trinajstić information content (AvgIpc) is 3.35. The normalized spacial score (nSPS) is 20.1. The Hall–Kier alpha value is -2.16. The molecule has 2 aromatic rings. The van der Waals surface area contributed by atoms with Crippen molar-refractivity contribution in [2.24, 2.45) is 5.41 Å². The maximum absolute atomic E-state index is 12.8. The molecule has 0 bridgehead atoms. The van der Waals surface area contributed by atoms with Crippen LogP contribution in [0.3, 0.4) is 0 Å². The van der Waals surface area contributed by atoms with Gasteiger partial charge in [0.05, 0.1) is 6.10 Å². The molecular weight excluding hydrogens is 543 g/mol. The van der Waals surface area contributed by atoms with Gasteiger partial charge in [-0.25, -0.2) is 0 Å². The number of ether oxygens (including phenoxy) is 1. The zero-order valence-electron chi connectivity index (χ0n) is 26.0. The van der Waals surface area contributed by atoms with Crippen molar-refractivity contribution < 1.29 is 27.4 Å². The van der Waals surface area contributed by atoms with Crippen LogP contribution in [0.4, 0.5) is 13.2 Å². The molecular formula is C33H46F3NO3Si. The largest absolute Gasteiger partial charge is 0.573 e. The molecule has 1 unspecified atom stereocenters. The molecule has 0 radical (unpaired) electrons. The fourth-order valence-electron chi connectivity index (χ4n) is 5.91. The highest BCUT2D eigenvalue weighted by molar-refractivity contribution is 6.74. The van der Waals surface area contributed by atoms with Crippen molar-refractivity contribution in [3.05, 3.63) is 64.0 Å². The van der Waals surface area contributed by atoms with Crippen LogP contribution in [0.25, 0.3) is 5.57 Å². The van der Waals surface area contributed by atoms with Gasteiger partial charge in [0.2, 0.25) is 0 Å². The van der Waals surface area contributed by atoms with Crippen LogP contribution in [0.5, 0.6) is 5.75 Å². The number of alkyl halides is 3. The van der Waals surface area contributed by atoms with E-state index in [1.807, 2.05) is 0 Å². The molecule has 1 N–H and O–H groups in total. The number of fused-ring (bicyclic) bond motifs is 1. The second-order valence-corrected chi connectivity index (χ2v) is 19.1. The zero-order chi connectivity index (χ0) is 30.5. The molecule has 1 aromatic carbocycles. The number of aromatic nitrogens is 1. The van der Waals surface area contributed by atoms with Crippen molar-refractivity contribution in [3.8, 4) is 5.75 Å². The third kappa shape index (κ3) is 6.91. The first-order valence-corrected chi connectivity index (χ1v) is 17.7. The van der Waals surface area contributed by atoms with Crippen LogP contribution in [0.1, 0.15) is 126 Å². The van der Waals surface area contributed by atoms with E-state index in [2.05, 4.69) is 72.4 Å². The summed E-state index contributed by atoms with van der Waals surface area (Å²) in [6.45, 7) is 20.0. The monoisotopic (exact) mass is 589 g/mol. The lowest BCUT2D eigenvalue weighted by molar-refractivity contribution is -0.274. The molecule has 226 valence electrons. The van der Waals surface area contributed by atoms with Gasteiger partial charge in [-0.15, -0.1) is 13.2 Å². The van der Waals surface area contributed by atoms with E-state index in [4.69, 9.17) is 9.41 Å². The first kappa shape index (κ1) is 31.8. The van der Waals surface area contributed by atoms with Gasteiger partial charge in [-0.1, -0.05) is 66.7 Å². The second kappa shape index (κ2) is 11.2. The summed E-state index contributed by atoms with van der Waals surface area (Å²) in [4.78, 5) is 5.27. The predicted molar refractivity (Wildman–Crippen MR) is 160 cm³/mol. The number of aliphatic hydroxyl groups excluding tert-OH is 1. The second-order valence-electron chi connectivity index (χ2n) is 14.4. The fraction of sp³-hybridized carbons (Fsp3) is 0.606. The van der Waals surface area contributed by atoms with E-state index >= 15 is 0 Å². The molecule has 4 nitrogen and oxygen atoms in total. The van der Waals surface area contributed by atoms with E-state index in [0.717, 1.165) is 60.2 Å². The standard InChI is InChI=1S/C33H46F3NO3Si/c1-20(2)29-28(30(38)22-14-16-23(17-15-22)39-33(34,35)36)26(21-12-10-11-13-21)27-24(37-29)18-32(6,7)19-25(27)40-41(8,9)31(3,4)5/h12,14-17,20,25,30,38H,10-11,13,18-19H2,1-9H3/t25-,30?/m1/s1. The van der Waals surface area contributed by atoms with Crippen LogP contribution < -0.4 is 4.74 Å². The Kier molecular flexibility index (Phi) is 8.64. The van der Waals surface area contributed by atoms with Crippen molar-refractivity contribution in [1.29, 1.82) is 0 Å². The predicted octanol–water partition coefficient (Wildman–Crippen LogP) is 9.79. The molecule has 1 aromatic heterocycles. The Morgan fingerprint density at radius 1 is 1.07 bits per heavy atom. The third-order valence-corrected chi connectivity index (χ3v) is 13.4. The summed E-state index contributed by atoms with van der Waals surface area (Å²) >= 11 is 0. The number of hydrogen-bond donors (Lipinski definition) is 1. The van der Waals surface area contributed by atoms with Crippen molar-refractivity contribution in [2.45, 2.75) is 123 Å². The molecule has 0 amide bonds. The maximum atomic E-state index is 12.8. The lowest BCUT2D eigenvalue weighted by Crippen LogP contribution is -2.44. The average molecular weight is 590 g/mol. The summed E-state index contributed by atoms with van der Waals surface area (Å²) in [5, 5.41) is 12.0. The number of hydrogen-bond acceptors (Lipinski definition) is 4. The Morgan fingerprint density at radius 2 is 1.71 bits per heavy atom. The Bertz CT molecular complexity index is 1290. The number of halogens is 3. The number of allylic oxidation sites excluding steroid dienone is 2. The van der Waals surface area contributed by atoms with E-state index in [0.29, 0.717) is 5.56 Å². The molecule has 2 atom stereocenters. The highest BCUT2D eigenvalue weighted by atomic mass is 28.4. The molecule has 0 spiro atoms. The van der Waals surface area contributed by atoms with Crippen molar-refractivity contribution in [1.82, 2.24) is 4.98 Å². The minimum absolute atomic E-state index is 0.00292. The van der Waals surface area contributed by atoms with Crippen LogP contribution in [-0.4, -0.2) is 24.8 Å². The highest BCUT2D eigenvalue weighted by Crippen LogP contribution is 2.52. The molecule has 0 saturated heterocycles. The highest BCUT2D eigenvalue weighted by Gasteiger charge is 2.45. The van der Waals surface area contributed by atoms with Gasteiger partial charge in [0.1, 0.15) is 11.9 Å². The number of pyridine rings is 1. The number of aliphatic hydroxyl groups is 1. The molecule has 2 aliphatic rings. The SMILES string of the molecule is CC(C)c1nc2c(c(C3=CCCC3)c1C(O)c1ccc(OC(F)(F)F)cc1)[C@H](O[Si](C)(C)C(C)(C)C)CC(C)(C)C2. The first-order chi connectivity index (χ1) is 18.8. The minimum Gasteiger partial charge on any atom is -0.410 e. The summed E-state index contributed by atoms with van der Waals surface area (Å²) in [5.74, 6) is -0.284. The number of benzene rings is 1. The van der Waals surface area contributed by atoms with E-state index < -0.39 is 20.8 Å². The number of rotatable bonds is 7. The van der Waals surface area contributed by atoms with E-state index in [1.165, 1.54) is 29.8 Å². The molecule has 41 heavy (non-hydrogen) atoms. The van der Waals surface area contributed by atoms with Crippen molar-refractivity contribution in [3.63, 3.8) is 0 Å². The van der Waals surface area contributed by atoms with Gasteiger partial charge in [-0.05, 0) is 90.4 Å². The smallest absolute Gasteiger partial charge is 0.410 e. The van der Waals surface area contributed by atoms with Crippen molar-refractivity contribution in [2.75, 3.05) is 0 Å². The summed E-state index contributed by atoms with van der Waals surface area (Å²) in [6.07, 6.45) is 0.875. The van der Waals surface area contributed by atoms with Crippen molar-refractivity contribution >= 4 is 13.9 Å². The summed E-state index contributed by atoms with van der Waals surface area (Å²) < 4.78 is 49.6.